The molecule has 1 aliphatic carbocycles. The maximum atomic E-state index is 12.9. The monoisotopic (exact) mass is 476 g/mol. The summed E-state index contributed by atoms with van der Waals surface area (Å²) in [5.41, 5.74) is 0.972. The lowest BCUT2D eigenvalue weighted by Crippen LogP contribution is -2.52. The first kappa shape index (κ1) is 23.3. The van der Waals surface area contributed by atoms with Crippen LogP contribution in [0.2, 0.25) is 0 Å². The van der Waals surface area contributed by atoms with Crippen molar-refractivity contribution in [2.75, 3.05) is 5.32 Å². The van der Waals surface area contributed by atoms with Crippen molar-refractivity contribution >= 4 is 28.5 Å². The summed E-state index contributed by atoms with van der Waals surface area (Å²) in [5, 5.41) is 15.3. The van der Waals surface area contributed by atoms with Crippen molar-refractivity contribution in [1.29, 1.82) is 5.26 Å². The number of hydrogen-bond acceptors (Lipinski definition) is 7. The molecule has 0 aliphatic heterocycles. The molecule has 1 heterocycles. The molecule has 0 radical (unpaired) electrons. The van der Waals surface area contributed by atoms with Crippen molar-refractivity contribution in [2.45, 2.75) is 44.8 Å². The predicted molar refractivity (Wildman–Crippen MR) is 128 cm³/mol. The molecule has 9 heteroatoms. The van der Waals surface area contributed by atoms with E-state index in [9.17, 15) is 9.59 Å². The third-order valence-electron chi connectivity index (χ3n) is 5.19. The van der Waals surface area contributed by atoms with Gasteiger partial charge in [0.05, 0.1) is 11.6 Å². The van der Waals surface area contributed by atoms with Gasteiger partial charge in [-0.25, -0.2) is 9.78 Å². The lowest BCUT2D eigenvalue weighted by Gasteiger charge is -2.24. The fraction of sp³-hybridized carbons (Fsp3) is 0.280. The van der Waals surface area contributed by atoms with Gasteiger partial charge in [-0.15, -0.1) is 0 Å². The van der Waals surface area contributed by atoms with Crippen LogP contribution in [0.4, 0.5) is 9.93 Å². The lowest BCUT2D eigenvalue weighted by molar-refractivity contribution is -0.121. The van der Waals surface area contributed by atoms with E-state index < -0.39 is 17.5 Å². The van der Waals surface area contributed by atoms with Crippen molar-refractivity contribution in [3.63, 3.8) is 0 Å². The van der Waals surface area contributed by atoms with Gasteiger partial charge in [0.15, 0.2) is 5.13 Å². The van der Waals surface area contributed by atoms with Gasteiger partial charge in [-0.3, -0.25) is 10.1 Å². The molecule has 1 fully saturated rings. The minimum absolute atomic E-state index is 0.109. The van der Waals surface area contributed by atoms with Gasteiger partial charge in [0.2, 0.25) is 5.06 Å². The van der Waals surface area contributed by atoms with E-state index in [0.717, 1.165) is 24.1 Å². The molecule has 1 aliphatic rings. The Morgan fingerprint density at radius 3 is 2.50 bits per heavy atom. The minimum atomic E-state index is -1.23. The van der Waals surface area contributed by atoms with Gasteiger partial charge in [-0.2, -0.15) is 5.26 Å². The van der Waals surface area contributed by atoms with Crippen LogP contribution in [0.3, 0.4) is 0 Å². The van der Waals surface area contributed by atoms with Gasteiger partial charge in [0.25, 0.3) is 5.91 Å². The van der Waals surface area contributed by atoms with Crippen LogP contribution in [0.5, 0.6) is 10.8 Å². The topological polar surface area (TPSA) is 113 Å². The summed E-state index contributed by atoms with van der Waals surface area (Å²) < 4.78 is 11.2. The van der Waals surface area contributed by atoms with Gasteiger partial charge >= 0.3 is 6.09 Å². The van der Waals surface area contributed by atoms with E-state index in [1.54, 1.807) is 38.1 Å². The Hall–Kier alpha value is -3.90. The number of nitrogens with zero attached hydrogens (tertiary/aromatic N) is 2. The first-order valence-electron chi connectivity index (χ1n) is 10.8. The van der Waals surface area contributed by atoms with Gasteiger partial charge in [-0.05, 0) is 56.5 Å². The van der Waals surface area contributed by atoms with Gasteiger partial charge < -0.3 is 14.8 Å². The van der Waals surface area contributed by atoms with Gasteiger partial charge in [0, 0.05) is 5.92 Å². The van der Waals surface area contributed by atoms with Crippen LogP contribution < -0.4 is 15.4 Å². The number of carbonyl (C=O) groups excluding carboxylic acids is 2. The van der Waals surface area contributed by atoms with Crippen LogP contribution in [-0.2, 0) is 16.1 Å². The summed E-state index contributed by atoms with van der Waals surface area (Å²) in [6, 6.07) is 18.2. The van der Waals surface area contributed by atoms with E-state index in [-0.39, 0.29) is 6.61 Å². The number of aromatic nitrogens is 1. The summed E-state index contributed by atoms with van der Waals surface area (Å²) in [6.07, 6.45) is 1.34. The van der Waals surface area contributed by atoms with Gasteiger partial charge in [0.1, 0.15) is 23.6 Å². The van der Waals surface area contributed by atoms with E-state index in [2.05, 4.69) is 21.7 Å². The lowest BCUT2D eigenvalue weighted by atomic mass is 10.1. The quantitative estimate of drug-likeness (QED) is 0.454. The summed E-state index contributed by atoms with van der Waals surface area (Å²) >= 11 is 1.23. The highest BCUT2D eigenvalue weighted by Gasteiger charge is 2.34. The molecule has 2 amide bonds. The average molecular weight is 477 g/mol. The SMILES string of the molecule is CC(C)(NC(=O)OCc1ccccc1)C(=O)Nc1nc(C2CC2)c(Oc2ccc(C#N)cc2)s1. The number of amides is 2. The standard InChI is InChI=1S/C25H24N4O4S/c1-25(2,29-24(31)32-15-17-6-4-3-5-7-17)22(30)28-23-27-20(18-10-11-18)21(34-23)33-19-12-8-16(14-26)9-13-19/h3-9,12-13,18H,10-11,15H2,1-2H3,(H,29,31)(H,27,28,30). The number of benzene rings is 2. The molecule has 0 saturated heterocycles. The zero-order valence-corrected chi connectivity index (χ0v) is 19.6. The molecule has 0 spiro atoms. The number of ether oxygens (including phenoxy) is 2. The number of carbonyl (C=O) groups is 2. The molecule has 8 nitrogen and oxygen atoms in total. The van der Waals surface area contributed by atoms with E-state index in [4.69, 9.17) is 14.7 Å². The van der Waals surface area contributed by atoms with Crippen molar-refractivity contribution in [2.24, 2.45) is 0 Å². The highest BCUT2D eigenvalue weighted by molar-refractivity contribution is 7.17. The van der Waals surface area contributed by atoms with E-state index in [1.165, 1.54) is 11.3 Å². The summed E-state index contributed by atoms with van der Waals surface area (Å²) in [4.78, 5) is 29.7. The molecule has 174 valence electrons. The third kappa shape index (κ3) is 5.91. The Kier molecular flexibility index (Phi) is 6.80. The molecule has 34 heavy (non-hydrogen) atoms. The molecular weight excluding hydrogens is 452 g/mol. The summed E-state index contributed by atoms with van der Waals surface area (Å²) in [5.74, 6) is 0.463. The molecule has 0 atom stereocenters. The fourth-order valence-electron chi connectivity index (χ4n) is 3.09. The second-order valence-corrected chi connectivity index (χ2v) is 9.43. The Balaban J connectivity index is 1.38. The summed E-state index contributed by atoms with van der Waals surface area (Å²) in [7, 11) is 0. The zero-order chi connectivity index (χ0) is 24.1. The van der Waals surface area contributed by atoms with Crippen molar-refractivity contribution in [3.05, 3.63) is 71.4 Å². The smallest absolute Gasteiger partial charge is 0.408 e. The fourth-order valence-corrected chi connectivity index (χ4v) is 4.01. The number of nitriles is 1. The van der Waals surface area contributed by atoms with E-state index in [1.807, 2.05) is 30.3 Å². The Morgan fingerprint density at radius 2 is 1.85 bits per heavy atom. The second-order valence-electron chi connectivity index (χ2n) is 8.47. The molecule has 1 saturated carbocycles. The molecular formula is C25H24N4O4S. The second kappa shape index (κ2) is 9.93. The molecule has 1 aromatic heterocycles. The Labute approximate surface area is 201 Å². The Bertz CT molecular complexity index is 1210. The third-order valence-corrected chi connectivity index (χ3v) is 6.06. The van der Waals surface area contributed by atoms with Crippen molar-refractivity contribution in [1.82, 2.24) is 10.3 Å². The van der Waals surface area contributed by atoms with E-state index >= 15 is 0 Å². The molecule has 0 unspecified atom stereocenters. The van der Waals surface area contributed by atoms with Crippen LogP contribution in [0.1, 0.15) is 49.4 Å². The van der Waals surface area contributed by atoms with Crippen LogP contribution >= 0.6 is 11.3 Å². The van der Waals surface area contributed by atoms with E-state index in [0.29, 0.717) is 27.4 Å². The predicted octanol–water partition coefficient (Wildman–Crippen LogP) is 5.33. The van der Waals surface area contributed by atoms with Crippen molar-refractivity contribution in [3.8, 4) is 16.9 Å². The van der Waals surface area contributed by atoms with Gasteiger partial charge in [-0.1, -0.05) is 41.7 Å². The number of nitrogens with one attached hydrogen (secondary N) is 2. The number of hydrogen-bond donors (Lipinski definition) is 2. The maximum Gasteiger partial charge on any atom is 0.408 e. The van der Waals surface area contributed by atoms with Crippen LogP contribution in [0.25, 0.3) is 0 Å². The molecule has 2 aromatic carbocycles. The maximum absolute atomic E-state index is 12.9. The average Bonchev–Trinajstić information content (AvgIpc) is 3.60. The van der Waals surface area contributed by atoms with Crippen LogP contribution in [-0.4, -0.2) is 22.5 Å². The first-order valence-corrected chi connectivity index (χ1v) is 11.6. The highest BCUT2D eigenvalue weighted by atomic mass is 32.1. The van der Waals surface area contributed by atoms with Crippen molar-refractivity contribution < 1.29 is 19.1 Å². The highest BCUT2D eigenvalue weighted by Crippen LogP contribution is 2.48. The normalized spacial score (nSPS) is 13.0. The molecule has 4 rings (SSSR count). The first-order chi connectivity index (χ1) is 16.3. The van der Waals surface area contributed by atoms with Crippen LogP contribution in [0.15, 0.2) is 54.6 Å². The van der Waals surface area contributed by atoms with Crippen LogP contribution in [0, 0.1) is 11.3 Å². The minimum Gasteiger partial charge on any atom is -0.445 e. The zero-order valence-electron chi connectivity index (χ0n) is 18.8. The number of alkyl carbamates (subject to hydrolysis) is 1. The largest absolute Gasteiger partial charge is 0.445 e. The molecule has 2 N–H and O–H groups in total. The number of anilines is 1. The molecule has 3 aromatic rings. The number of thiazole rings is 1. The number of rotatable bonds is 8. The summed E-state index contributed by atoms with van der Waals surface area (Å²) in [6.45, 7) is 3.29. The Morgan fingerprint density at radius 1 is 1.15 bits per heavy atom. The molecule has 0 bridgehead atoms.